The van der Waals surface area contributed by atoms with Crippen molar-refractivity contribution in [3.8, 4) is 11.5 Å². The monoisotopic (exact) mass is 292 g/mol. The molecule has 1 amide bonds. The van der Waals surface area contributed by atoms with Gasteiger partial charge in [-0.05, 0) is 38.1 Å². The van der Waals surface area contributed by atoms with Crippen LogP contribution >= 0.6 is 0 Å². The maximum atomic E-state index is 12.5. The average Bonchev–Trinajstić information content (AvgIpc) is 2.99. The van der Waals surface area contributed by atoms with Gasteiger partial charge < -0.3 is 14.8 Å². The highest BCUT2D eigenvalue weighted by Gasteiger charge is 2.24. The van der Waals surface area contributed by atoms with E-state index in [2.05, 4.69) is 17.1 Å². The van der Waals surface area contributed by atoms with Crippen LogP contribution in [0.25, 0.3) is 0 Å². The van der Waals surface area contributed by atoms with Gasteiger partial charge in [0.2, 0.25) is 0 Å². The van der Waals surface area contributed by atoms with Crippen molar-refractivity contribution in [1.29, 1.82) is 0 Å². The zero-order valence-electron chi connectivity index (χ0n) is 13.0. The quantitative estimate of drug-likeness (QED) is 0.870. The van der Waals surface area contributed by atoms with Gasteiger partial charge in [0, 0.05) is 12.6 Å². The Labute approximate surface area is 126 Å². The van der Waals surface area contributed by atoms with Gasteiger partial charge >= 0.3 is 0 Å². The third kappa shape index (κ3) is 3.47. The van der Waals surface area contributed by atoms with E-state index in [1.54, 1.807) is 26.4 Å². The third-order valence-electron chi connectivity index (χ3n) is 4.06. The molecule has 0 spiro atoms. The number of ether oxygens (including phenoxy) is 2. The molecule has 0 aliphatic carbocycles. The van der Waals surface area contributed by atoms with Gasteiger partial charge in [-0.2, -0.15) is 0 Å². The zero-order valence-corrected chi connectivity index (χ0v) is 13.0. The van der Waals surface area contributed by atoms with Crippen LogP contribution in [-0.4, -0.2) is 50.7 Å². The van der Waals surface area contributed by atoms with E-state index in [-0.39, 0.29) is 5.91 Å². The van der Waals surface area contributed by atoms with Crippen molar-refractivity contribution in [2.45, 2.75) is 25.8 Å². The number of nitrogens with one attached hydrogen (secondary N) is 1. The molecule has 1 aromatic rings. The summed E-state index contributed by atoms with van der Waals surface area (Å²) in [6, 6.07) is 5.78. The standard InChI is InChI=1S/C16H24N2O3/c1-4-18-10-6-7-12(18)11-17-16(19)15-13(20-2)8-5-9-14(15)21-3/h5,8-9,12H,4,6-7,10-11H2,1-3H3,(H,17,19)/t12-/m0/s1. The number of benzene rings is 1. The van der Waals surface area contributed by atoms with Crippen molar-refractivity contribution in [3.63, 3.8) is 0 Å². The predicted molar refractivity (Wildman–Crippen MR) is 82.1 cm³/mol. The summed E-state index contributed by atoms with van der Waals surface area (Å²) in [4.78, 5) is 14.9. The molecule has 1 N–H and O–H groups in total. The van der Waals surface area contributed by atoms with E-state index < -0.39 is 0 Å². The SMILES string of the molecule is CCN1CCC[C@H]1CNC(=O)c1c(OC)cccc1OC. The van der Waals surface area contributed by atoms with Crippen LogP contribution in [0.2, 0.25) is 0 Å². The molecule has 2 rings (SSSR count). The van der Waals surface area contributed by atoms with E-state index in [9.17, 15) is 4.79 Å². The number of hydrogen-bond acceptors (Lipinski definition) is 4. The number of amides is 1. The Hall–Kier alpha value is -1.75. The smallest absolute Gasteiger partial charge is 0.258 e. The van der Waals surface area contributed by atoms with Crippen LogP contribution in [0, 0.1) is 0 Å². The van der Waals surface area contributed by atoms with Crippen LogP contribution in [0.3, 0.4) is 0 Å². The summed E-state index contributed by atoms with van der Waals surface area (Å²) in [5, 5.41) is 3.01. The molecule has 5 nitrogen and oxygen atoms in total. The number of carbonyl (C=O) groups excluding carboxylic acids is 1. The second-order valence-electron chi connectivity index (χ2n) is 5.17. The van der Waals surface area contributed by atoms with Gasteiger partial charge in [0.1, 0.15) is 17.1 Å². The van der Waals surface area contributed by atoms with E-state index in [0.29, 0.717) is 29.6 Å². The van der Waals surface area contributed by atoms with E-state index in [0.717, 1.165) is 19.5 Å². The van der Waals surface area contributed by atoms with Crippen LogP contribution in [0.15, 0.2) is 18.2 Å². The molecule has 0 saturated carbocycles. The van der Waals surface area contributed by atoms with Gasteiger partial charge in [-0.1, -0.05) is 13.0 Å². The number of methoxy groups -OCH3 is 2. The minimum atomic E-state index is -0.146. The first kappa shape index (κ1) is 15.6. The van der Waals surface area contributed by atoms with Gasteiger partial charge in [0.25, 0.3) is 5.91 Å². The summed E-state index contributed by atoms with van der Waals surface area (Å²) < 4.78 is 10.5. The molecular formula is C16H24N2O3. The second kappa shape index (κ2) is 7.31. The second-order valence-corrected chi connectivity index (χ2v) is 5.17. The summed E-state index contributed by atoms with van der Waals surface area (Å²) in [6.45, 7) is 4.96. The number of nitrogens with zero attached hydrogens (tertiary/aromatic N) is 1. The topological polar surface area (TPSA) is 50.8 Å². The number of likely N-dealkylation sites (N-methyl/N-ethyl adjacent to an activating group) is 1. The van der Waals surface area contributed by atoms with E-state index in [1.165, 1.54) is 6.42 Å². The van der Waals surface area contributed by atoms with Crippen LogP contribution in [-0.2, 0) is 0 Å². The summed E-state index contributed by atoms with van der Waals surface area (Å²) in [5.41, 5.74) is 0.462. The lowest BCUT2D eigenvalue weighted by Crippen LogP contribution is -2.40. The lowest BCUT2D eigenvalue weighted by atomic mass is 10.1. The molecule has 1 aromatic carbocycles. The molecule has 0 aromatic heterocycles. The molecule has 1 aliphatic heterocycles. The summed E-state index contributed by atoms with van der Waals surface area (Å²) in [6.07, 6.45) is 2.34. The van der Waals surface area contributed by atoms with Crippen LogP contribution < -0.4 is 14.8 Å². The Bertz CT molecular complexity index is 468. The fourth-order valence-corrected chi connectivity index (χ4v) is 2.92. The van der Waals surface area contributed by atoms with Crippen molar-refractivity contribution in [2.75, 3.05) is 33.9 Å². The molecule has 1 atom stereocenters. The highest BCUT2D eigenvalue weighted by atomic mass is 16.5. The molecule has 21 heavy (non-hydrogen) atoms. The molecular weight excluding hydrogens is 268 g/mol. The Kier molecular flexibility index (Phi) is 5.44. The van der Waals surface area contributed by atoms with Gasteiger partial charge in [0.15, 0.2) is 0 Å². The molecule has 1 aliphatic rings. The average molecular weight is 292 g/mol. The van der Waals surface area contributed by atoms with E-state index >= 15 is 0 Å². The van der Waals surface area contributed by atoms with Crippen LogP contribution in [0.1, 0.15) is 30.1 Å². The van der Waals surface area contributed by atoms with Crippen molar-refractivity contribution in [2.24, 2.45) is 0 Å². The molecule has 0 radical (unpaired) electrons. The van der Waals surface area contributed by atoms with E-state index in [1.807, 2.05) is 6.07 Å². The van der Waals surface area contributed by atoms with Crippen molar-refractivity contribution >= 4 is 5.91 Å². The first-order valence-corrected chi connectivity index (χ1v) is 7.44. The van der Waals surface area contributed by atoms with Crippen molar-refractivity contribution < 1.29 is 14.3 Å². The molecule has 1 heterocycles. The highest BCUT2D eigenvalue weighted by Crippen LogP contribution is 2.28. The van der Waals surface area contributed by atoms with Gasteiger partial charge in [0.05, 0.1) is 14.2 Å². The molecule has 0 bridgehead atoms. The van der Waals surface area contributed by atoms with Gasteiger partial charge in [-0.15, -0.1) is 0 Å². The normalized spacial score (nSPS) is 18.5. The summed E-state index contributed by atoms with van der Waals surface area (Å²) >= 11 is 0. The largest absolute Gasteiger partial charge is 0.496 e. The highest BCUT2D eigenvalue weighted by molar-refractivity contribution is 5.99. The fourth-order valence-electron chi connectivity index (χ4n) is 2.92. The van der Waals surface area contributed by atoms with Crippen molar-refractivity contribution in [3.05, 3.63) is 23.8 Å². The Balaban J connectivity index is 2.06. The van der Waals surface area contributed by atoms with Crippen LogP contribution in [0.4, 0.5) is 0 Å². The van der Waals surface area contributed by atoms with Gasteiger partial charge in [-0.3, -0.25) is 9.69 Å². The molecule has 0 unspecified atom stereocenters. The first-order chi connectivity index (χ1) is 10.2. The number of hydrogen-bond donors (Lipinski definition) is 1. The molecule has 1 saturated heterocycles. The number of rotatable bonds is 6. The Morgan fingerprint density at radius 1 is 1.33 bits per heavy atom. The maximum absolute atomic E-state index is 12.5. The van der Waals surface area contributed by atoms with E-state index in [4.69, 9.17) is 9.47 Å². The summed E-state index contributed by atoms with van der Waals surface area (Å²) in [7, 11) is 3.11. The number of carbonyl (C=O) groups is 1. The minimum absolute atomic E-state index is 0.146. The number of likely N-dealkylation sites (tertiary alicyclic amines) is 1. The lowest BCUT2D eigenvalue weighted by Gasteiger charge is -2.23. The minimum Gasteiger partial charge on any atom is -0.496 e. The first-order valence-electron chi connectivity index (χ1n) is 7.44. The Morgan fingerprint density at radius 2 is 2.00 bits per heavy atom. The summed E-state index contributed by atoms with van der Waals surface area (Å²) in [5.74, 6) is 0.920. The molecule has 116 valence electrons. The van der Waals surface area contributed by atoms with Gasteiger partial charge in [-0.25, -0.2) is 0 Å². The van der Waals surface area contributed by atoms with Crippen LogP contribution in [0.5, 0.6) is 11.5 Å². The third-order valence-corrected chi connectivity index (χ3v) is 4.06. The maximum Gasteiger partial charge on any atom is 0.258 e. The van der Waals surface area contributed by atoms with Crippen molar-refractivity contribution in [1.82, 2.24) is 10.2 Å². The fraction of sp³-hybridized carbons (Fsp3) is 0.562. The predicted octanol–water partition coefficient (Wildman–Crippen LogP) is 1.92. The molecule has 5 heteroatoms. The molecule has 1 fully saturated rings. The lowest BCUT2D eigenvalue weighted by molar-refractivity contribution is 0.0935. The Morgan fingerprint density at radius 3 is 2.57 bits per heavy atom. The zero-order chi connectivity index (χ0) is 15.2.